The van der Waals surface area contributed by atoms with Gasteiger partial charge >= 0.3 is 5.97 Å². The Balaban J connectivity index is 1.98. The summed E-state index contributed by atoms with van der Waals surface area (Å²) in [6.07, 6.45) is 1.42. The van der Waals surface area contributed by atoms with Crippen molar-refractivity contribution in [1.82, 2.24) is 14.8 Å². The van der Waals surface area contributed by atoms with Crippen LogP contribution in [0.4, 0.5) is 5.69 Å². The largest absolute Gasteiger partial charge is 0.457 e. The van der Waals surface area contributed by atoms with E-state index in [2.05, 4.69) is 10.1 Å². The highest BCUT2D eigenvalue weighted by Gasteiger charge is 2.17. The lowest BCUT2D eigenvalue weighted by Crippen LogP contribution is -2.15. The second kappa shape index (κ2) is 5.51. The van der Waals surface area contributed by atoms with Gasteiger partial charge < -0.3 is 10.5 Å². The predicted octanol–water partition coefficient (Wildman–Crippen LogP) is 1.24. The van der Waals surface area contributed by atoms with E-state index < -0.39 is 0 Å². The molecule has 1 atom stereocenters. The van der Waals surface area contributed by atoms with Gasteiger partial charge in [-0.2, -0.15) is 5.10 Å². The van der Waals surface area contributed by atoms with Crippen LogP contribution in [0.2, 0.25) is 0 Å². The molecule has 19 heavy (non-hydrogen) atoms. The highest BCUT2D eigenvalue weighted by atomic mass is 16.5. The van der Waals surface area contributed by atoms with Gasteiger partial charge in [-0.25, -0.2) is 4.98 Å². The van der Waals surface area contributed by atoms with E-state index in [1.165, 1.54) is 6.33 Å². The van der Waals surface area contributed by atoms with Crippen molar-refractivity contribution < 1.29 is 9.53 Å². The molecule has 1 aromatic heterocycles. The molecule has 0 aliphatic rings. The van der Waals surface area contributed by atoms with Gasteiger partial charge in [0.15, 0.2) is 12.4 Å². The molecule has 0 aliphatic heterocycles. The van der Waals surface area contributed by atoms with Crippen molar-refractivity contribution >= 4 is 11.7 Å². The number of hydrogen-bond donors (Lipinski definition) is 1. The first kappa shape index (κ1) is 13.1. The van der Waals surface area contributed by atoms with Gasteiger partial charge in [-0.05, 0) is 24.6 Å². The molecule has 0 saturated heterocycles. The minimum Gasteiger partial charge on any atom is -0.457 e. The number of carbonyl (C=O) groups excluding carboxylic acids is 1. The van der Waals surface area contributed by atoms with Gasteiger partial charge in [-0.15, -0.1) is 0 Å². The van der Waals surface area contributed by atoms with E-state index in [0.717, 1.165) is 5.56 Å². The molecule has 0 amide bonds. The number of anilines is 1. The van der Waals surface area contributed by atoms with Crippen molar-refractivity contribution in [3.8, 4) is 0 Å². The van der Waals surface area contributed by atoms with E-state index in [1.807, 2.05) is 12.1 Å². The molecule has 6 heteroatoms. The number of carbonyl (C=O) groups is 1. The average Bonchev–Trinajstić information content (AvgIpc) is 2.80. The maximum absolute atomic E-state index is 11.9. The summed E-state index contributed by atoms with van der Waals surface area (Å²) < 4.78 is 6.79. The summed E-state index contributed by atoms with van der Waals surface area (Å²) in [7, 11) is 1.75. The summed E-state index contributed by atoms with van der Waals surface area (Å²) in [6, 6.07) is 7.22. The fourth-order valence-corrected chi connectivity index (χ4v) is 1.68. The third-order valence-electron chi connectivity index (χ3n) is 2.91. The summed E-state index contributed by atoms with van der Waals surface area (Å²) in [6.45, 7) is 1.90. The Morgan fingerprint density at radius 2 is 2.32 bits per heavy atom. The van der Waals surface area contributed by atoms with Gasteiger partial charge in [0.05, 0.1) is 5.92 Å². The number of nitrogens with zero attached hydrogens (tertiary/aromatic N) is 3. The summed E-state index contributed by atoms with van der Waals surface area (Å²) >= 11 is 0. The maximum atomic E-state index is 11.9. The molecule has 2 aromatic rings. The molecule has 0 aliphatic carbocycles. The van der Waals surface area contributed by atoms with Gasteiger partial charge in [-0.1, -0.05) is 12.1 Å². The van der Waals surface area contributed by atoms with E-state index in [9.17, 15) is 4.79 Å². The molecule has 1 heterocycles. The van der Waals surface area contributed by atoms with E-state index in [1.54, 1.807) is 30.8 Å². The third kappa shape index (κ3) is 3.09. The molecule has 100 valence electrons. The van der Waals surface area contributed by atoms with Crippen LogP contribution < -0.4 is 5.73 Å². The van der Waals surface area contributed by atoms with Crippen LogP contribution in [0.25, 0.3) is 0 Å². The van der Waals surface area contributed by atoms with Gasteiger partial charge in [0.25, 0.3) is 0 Å². The summed E-state index contributed by atoms with van der Waals surface area (Å²) in [4.78, 5) is 15.9. The molecule has 1 aromatic carbocycles. The maximum Gasteiger partial charge on any atom is 0.313 e. The topological polar surface area (TPSA) is 83.0 Å². The van der Waals surface area contributed by atoms with Crippen LogP contribution in [0.5, 0.6) is 0 Å². The van der Waals surface area contributed by atoms with Gasteiger partial charge in [0.1, 0.15) is 6.33 Å². The number of nitrogens with two attached hydrogens (primary N) is 1. The predicted molar refractivity (Wildman–Crippen MR) is 70.1 cm³/mol. The Kier molecular flexibility index (Phi) is 3.79. The number of ether oxygens (including phenoxy) is 1. The number of aryl methyl sites for hydroxylation is 1. The van der Waals surface area contributed by atoms with Crippen LogP contribution in [0.1, 0.15) is 24.2 Å². The Morgan fingerprint density at radius 1 is 1.53 bits per heavy atom. The van der Waals surface area contributed by atoms with Crippen molar-refractivity contribution in [3.05, 3.63) is 42.0 Å². The number of nitrogen functional groups attached to an aromatic ring is 1. The van der Waals surface area contributed by atoms with Crippen LogP contribution in [0.3, 0.4) is 0 Å². The first-order valence-electron chi connectivity index (χ1n) is 5.93. The molecule has 6 nitrogen and oxygen atoms in total. The van der Waals surface area contributed by atoms with Crippen molar-refractivity contribution in [2.75, 3.05) is 5.73 Å². The monoisotopic (exact) mass is 260 g/mol. The minimum absolute atomic E-state index is 0.113. The van der Waals surface area contributed by atoms with Gasteiger partial charge in [0.2, 0.25) is 0 Å². The normalized spacial score (nSPS) is 12.1. The van der Waals surface area contributed by atoms with Crippen molar-refractivity contribution in [1.29, 1.82) is 0 Å². The van der Waals surface area contributed by atoms with Gasteiger partial charge in [0, 0.05) is 12.7 Å². The van der Waals surface area contributed by atoms with Crippen molar-refractivity contribution in [3.63, 3.8) is 0 Å². The van der Waals surface area contributed by atoms with Crippen LogP contribution in [-0.4, -0.2) is 20.7 Å². The molecule has 1 unspecified atom stereocenters. The molecule has 0 bridgehead atoms. The zero-order chi connectivity index (χ0) is 13.8. The first-order chi connectivity index (χ1) is 9.08. The number of esters is 1. The number of aromatic nitrogens is 3. The SMILES string of the molecule is CC(C(=O)OCc1ncnn1C)c1cccc(N)c1. The zero-order valence-electron chi connectivity index (χ0n) is 10.9. The molecule has 0 saturated carbocycles. The standard InChI is InChI=1S/C13H16N4O2/c1-9(10-4-3-5-11(14)6-10)13(18)19-7-12-15-8-16-17(12)2/h3-6,8-9H,7,14H2,1-2H3. The molecule has 0 spiro atoms. The Morgan fingerprint density at radius 3 is 2.95 bits per heavy atom. The minimum atomic E-state index is -0.364. The van der Waals surface area contributed by atoms with E-state index in [0.29, 0.717) is 11.5 Å². The lowest BCUT2D eigenvalue weighted by molar-refractivity contribution is -0.146. The number of benzene rings is 1. The summed E-state index contributed by atoms with van der Waals surface area (Å²) in [5.74, 6) is -0.0709. The van der Waals surface area contributed by atoms with Crippen LogP contribution in [0.15, 0.2) is 30.6 Å². The van der Waals surface area contributed by atoms with E-state index in [-0.39, 0.29) is 18.5 Å². The second-order valence-electron chi connectivity index (χ2n) is 4.30. The van der Waals surface area contributed by atoms with Crippen LogP contribution in [0, 0.1) is 0 Å². The summed E-state index contributed by atoms with van der Waals surface area (Å²) in [5, 5.41) is 3.91. The smallest absolute Gasteiger partial charge is 0.313 e. The van der Waals surface area contributed by atoms with Crippen LogP contribution in [-0.2, 0) is 23.2 Å². The second-order valence-corrected chi connectivity index (χ2v) is 4.30. The zero-order valence-corrected chi connectivity index (χ0v) is 10.9. The average molecular weight is 260 g/mol. The van der Waals surface area contributed by atoms with Gasteiger partial charge in [-0.3, -0.25) is 9.48 Å². The number of hydrogen-bond acceptors (Lipinski definition) is 5. The van der Waals surface area contributed by atoms with Crippen LogP contribution >= 0.6 is 0 Å². The first-order valence-corrected chi connectivity index (χ1v) is 5.93. The summed E-state index contributed by atoms with van der Waals surface area (Å²) in [5.41, 5.74) is 7.16. The molecule has 2 rings (SSSR count). The molecule has 2 N–H and O–H groups in total. The third-order valence-corrected chi connectivity index (χ3v) is 2.91. The highest BCUT2D eigenvalue weighted by Crippen LogP contribution is 2.19. The highest BCUT2D eigenvalue weighted by molar-refractivity contribution is 5.78. The Labute approximate surface area is 111 Å². The fraction of sp³-hybridized carbons (Fsp3) is 0.308. The van der Waals surface area contributed by atoms with E-state index in [4.69, 9.17) is 10.5 Å². The Bertz CT molecular complexity index is 580. The van der Waals surface area contributed by atoms with Crippen molar-refractivity contribution in [2.24, 2.45) is 7.05 Å². The Hall–Kier alpha value is -2.37. The number of rotatable bonds is 4. The molecule has 0 radical (unpaired) electrons. The lowest BCUT2D eigenvalue weighted by Gasteiger charge is -2.12. The molecule has 0 fully saturated rings. The molecular formula is C13H16N4O2. The quantitative estimate of drug-likeness (QED) is 0.660. The molecular weight excluding hydrogens is 244 g/mol. The van der Waals surface area contributed by atoms with Crippen molar-refractivity contribution in [2.45, 2.75) is 19.4 Å². The lowest BCUT2D eigenvalue weighted by atomic mass is 10.0. The van der Waals surface area contributed by atoms with E-state index >= 15 is 0 Å². The fourth-order valence-electron chi connectivity index (χ4n) is 1.68.